The molecule has 0 aliphatic heterocycles. The van der Waals surface area contributed by atoms with E-state index in [2.05, 4.69) is 10.0 Å². The van der Waals surface area contributed by atoms with Crippen LogP contribution in [0.3, 0.4) is 0 Å². The normalized spacial score (nSPS) is 12.4. The lowest BCUT2D eigenvalue weighted by molar-refractivity contribution is 0.284. The Morgan fingerprint density at radius 2 is 2.14 bits per heavy atom. The Morgan fingerprint density at radius 3 is 2.71 bits per heavy atom. The molecule has 0 heterocycles. The standard InChI is InChI=1S/C10H11N3O/c11-13-12-10(8-14)7-6-9-4-2-1-3-5-9/h1-7,10,14H,8H2/b7-6+/t10-/m0/s1. The molecule has 0 aliphatic rings. The maximum atomic E-state index is 8.82. The van der Waals surface area contributed by atoms with Crippen molar-refractivity contribution in [3.8, 4) is 0 Å². The largest absolute Gasteiger partial charge is 0.396 e. The van der Waals surface area contributed by atoms with Crippen LogP contribution in [0.25, 0.3) is 16.5 Å². The van der Waals surface area contributed by atoms with Crippen LogP contribution >= 0.6 is 0 Å². The number of hydrogen-bond donors (Lipinski definition) is 1. The van der Waals surface area contributed by atoms with E-state index in [1.807, 2.05) is 36.4 Å². The third-order valence-electron chi connectivity index (χ3n) is 1.70. The highest BCUT2D eigenvalue weighted by Gasteiger charge is 1.96. The summed E-state index contributed by atoms with van der Waals surface area (Å²) < 4.78 is 0. The molecule has 1 aromatic rings. The molecule has 0 saturated heterocycles. The molecular weight excluding hydrogens is 178 g/mol. The van der Waals surface area contributed by atoms with Gasteiger partial charge in [-0.15, -0.1) is 0 Å². The Balaban J connectivity index is 2.67. The minimum absolute atomic E-state index is 0.173. The molecule has 4 heteroatoms. The van der Waals surface area contributed by atoms with Crippen LogP contribution in [0.5, 0.6) is 0 Å². The van der Waals surface area contributed by atoms with Crippen LogP contribution < -0.4 is 0 Å². The van der Waals surface area contributed by atoms with Gasteiger partial charge in [-0.25, -0.2) is 0 Å². The van der Waals surface area contributed by atoms with E-state index in [0.717, 1.165) is 5.56 Å². The molecule has 1 N–H and O–H groups in total. The first kappa shape index (κ1) is 10.3. The molecule has 1 atom stereocenters. The molecule has 0 radical (unpaired) electrons. The molecule has 1 rings (SSSR count). The number of aliphatic hydroxyl groups excluding tert-OH is 1. The van der Waals surface area contributed by atoms with Crippen molar-refractivity contribution in [2.45, 2.75) is 6.04 Å². The zero-order chi connectivity index (χ0) is 10.2. The molecule has 4 nitrogen and oxygen atoms in total. The van der Waals surface area contributed by atoms with Gasteiger partial charge in [0.2, 0.25) is 0 Å². The molecule has 0 aliphatic carbocycles. The van der Waals surface area contributed by atoms with E-state index >= 15 is 0 Å². The quantitative estimate of drug-likeness (QED) is 0.441. The number of azide groups is 1. The first-order valence-corrected chi connectivity index (χ1v) is 4.25. The topological polar surface area (TPSA) is 69.0 Å². The predicted octanol–water partition coefficient (Wildman–Crippen LogP) is 2.37. The fourth-order valence-corrected chi connectivity index (χ4v) is 0.989. The molecule has 1 aromatic carbocycles. The van der Waals surface area contributed by atoms with E-state index in [1.165, 1.54) is 0 Å². The van der Waals surface area contributed by atoms with Gasteiger partial charge in [0, 0.05) is 4.91 Å². The van der Waals surface area contributed by atoms with E-state index < -0.39 is 6.04 Å². The predicted molar refractivity (Wildman–Crippen MR) is 55.5 cm³/mol. The number of nitrogens with zero attached hydrogens (tertiary/aromatic N) is 3. The zero-order valence-corrected chi connectivity index (χ0v) is 7.61. The molecule has 14 heavy (non-hydrogen) atoms. The fourth-order valence-electron chi connectivity index (χ4n) is 0.989. The Morgan fingerprint density at radius 1 is 1.43 bits per heavy atom. The van der Waals surface area contributed by atoms with Crippen LogP contribution in [0.1, 0.15) is 5.56 Å². The van der Waals surface area contributed by atoms with Crippen molar-refractivity contribution in [2.75, 3.05) is 6.61 Å². The Labute approximate surface area is 82.1 Å². The van der Waals surface area contributed by atoms with Gasteiger partial charge in [0.15, 0.2) is 0 Å². The van der Waals surface area contributed by atoms with Crippen LogP contribution in [-0.2, 0) is 0 Å². The summed E-state index contributed by atoms with van der Waals surface area (Å²) >= 11 is 0. The van der Waals surface area contributed by atoms with Crippen LogP contribution in [0, 0.1) is 0 Å². The first-order chi connectivity index (χ1) is 6.86. The zero-order valence-electron chi connectivity index (χ0n) is 7.61. The molecule has 0 amide bonds. The van der Waals surface area contributed by atoms with E-state index in [4.69, 9.17) is 10.6 Å². The lowest BCUT2D eigenvalue weighted by atomic mass is 10.2. The summed E-state index contributed by atoms with van der Waals surface area (Å²) in [6.07, 6.45) is 3.49. The summed E-state index contributed by atoms with van der Waals surface area (Å²) in [6.45, 7) is -0.173. The van der Waals surface area contributed by atoms with Crippen molar-refractivity contribution < 1.29 is 5.11 Å². The molecule has 0 unspecified atom stereocenters. The van der Waals surface area contributed by atoms with Gasteiger partial charge < -0.3 is 5.11 Å². The van der Waals surface area contributed by atoms with E-state index in [1.54, 1.807) is 6.08 Å². The number of rotatable bonds is 4. The third kappa shape index (κ3) is 3.31. The highest BCUT2D eigenvalue weighted by Crippen LogP contribution is 2.03. The van der Waals surface area contributed by atoms with E-state index in [0.29, 0.717) is 0 Å². The van der Waals surface area contributed by atoms with Gasteiger partial charge in [-0.1, -0.05) is 47.6 Å². The van der Waals surface area contributed by atoms with Crippen molar-refractivity contribution in [3.05, 3.63) is 52.4 Å². The number of aliphatic hydroxyl groups is 1. The van der Waals surface area contributed by atoms with Gasteiger partial charge in [0.25, 0.3) is 0 Å². The van der Waals surface area contributed by atoms with Gasteiger partial charge in [0.1, 0.15) is 0 Å². The van der Waals surface area contributed by atoms with Crippen LogP contribution in [0.2, 0.25) is 0 Å². The number of hydrogen-bond acceptors (Lipinski definition) is 2. The second kappa shape index (κ2) is 5.80. The smallest absolute Gasteiger partial charge is 0.0789 e. The lowest BCUT2D eigenvalue weighted by Crippen LogP contribution is -2.03. The average molecular weight is 189 g/mol. The Kier molecular flexibility index (Phi) is 4.27. The van der Waals surface area contributed by atoms with Crippen molar-refractivity contribution in [1.29, 1.82) is 0 Å². The van der Waals surface area contributed by atoms with Crippen LogP contribution in [0.15, 0.2) is 41.5 Å². The average Bonchev–Trinajstić information content (AvgIpc) is 2.25. The summed E-state index contributed by atoms with van der Waals surface area (Å²) in [7, 11) is 0. The minimum atomic E-state index is -0.486. The van der Waals surface area contributed by atoms with Crippen molar-refractivity contribution in [1.82, 2.24) is 0 Å². The van der Waals surface area contributed by atoms with Gasteiger partial charge in [-0.3, -0.25) is 0 Å². The maximum absolute atomic E-state index is 8.82. The summed E-state index contributed by atoms with van der Waals surface area (Å²) in [4.78, 5) is 2.63. The number of benzene rings is 1. The third-order valence-corrected chi connectivity index (χ3v) is 1.70. The molecule has 0 spiro atoms. The Hall–Kier alpha value is -1.77. The lowest BCUT2D eigenvalue weighted by Gasteiger charge is -1.98. The summed E-state index contributed by atoms with van der Waals surface area (Å²) in [5.74, 6) is 0. The second-order valence-electron chi connectivity index (χ2n) is 2.72. The molecular formula is C10H11N3O. The van der Waals surface area contributed by atoms with Gasteiger partial charge in [-0.2, -0.15) is 0 Å². The van der Waals surface area contributed by atoms with Crippen molar-refractivity contribution in [3.63, 3.8) is 0 Å². The monoisotopic (exact) mass is 189 g/mol. The van der Waals surface area contributed by atoms with Gasteiger partial charge in [0.05, 0.1) is 12.6 Å². The summed E-state index contributed by atoms with van der Waals surface area (Å²) in [6, 6.07) is 9.14. The van der Waals surface area contributed by atoms with Crippen molar-refractivity contribution in [2.24, 2.45) is 5.11 Å². The first-order valence-electron chi connectivity index (χ1n) is 4.25. The molecule has 0 aromatic heterocycles. The Bertz CT molecular complexity index is 342. The molecule has 0 saturated carbocycles. The highest BCUT2D eigenvalue weighted by atomic mass is 16.3. The summed E-state index contributed by atoms with van der Waals surface area (Å²) in [5.41, 5.74) is 9.19. The second-order valence-corrected chi connectivity index (χ2v) is 2.72. The summed E-state index contributed by atoms with van der Waals surface area (Å²) in [5, 5.41) is 12.2. The van der Waals surface area contributed by atoms with E-state index in [9.17, 15) is 0 Å². The van der Waals surface area contributed by atoms with Crippen molar-refractivity contribution >= 4 is 6.08 Å². The maximum Gasteiger partial charge on any atom is 0.0789 e. The molecule has 72 valence electrons. The van der Waals surface area contributed by atoms with Crippen LogP contribution in [0.4, 0.5) is 0 Å². The minimum Gasteiger partial charge on any atom is -0.396 e. The molecule has 0 fully saturated rings. The fraction of sp³-hybridized carbons (Fsp3) is 0.200. The van der Waals surface area contributed by atoms with Crippen LogP contribution in [-0.4, -0.2) is 17.8 Å². The van der Waals surface area contributed by atoms with Gasteiger partial charge >= 0.3 is 0 Å². The van der Waals surface area contributed by atoms with Gasteiger partial charge in [-0.05, 0) is 11.1 Å². The highest BCUT2D eigenvalue weighted by molar-refractivity contribution is 5.49. The van der Waals surface area contributed by atoms with E-state index in [-0.39, 0.29) is 6.61 Å². The SMILES string of the molecule is [N-]=[N+]=N[C@@H](/C=C/c1ccccc1)CO. The molecule has 0 bridgehead atoms.